The van der Waals surface area contributed by atoms with E-state index in [9.17, 15) is 0 Å². The van der Waals surface area contributed by atoms with Crippen LogP contribution in [-0.2, 0) is 6.42 Å². The molecule has 0 saturated carbocycles. The van der Waals surface area contributed by atoms with Crippen molar-refractivity contribution in [3.05, 3.63) is 64.8 Å². The molecule has 0 unspecified atom stereocenters. The number of aromatic nitrogens is 3. The second-order valence-electron chi connectivity index (χ2n) is 6.14. The van der Waals surface area contributed by atoms with Crippen LogP contribution in [0.2, 0.25) is 0 Å². The van der Waals surface area contributed by atoms with Gasteiger partial charge in [0.25, 0.3) is 0 Å². The van der Waals surface area contributed by atoms with E-state index in [2.05, 4.69) is 83.8 Å². The van der Waals surface area contributed by atoms with Gasteiger partial charge in [0.15, 0.2) is 5.82 Å². The van der Waals surface area contributed by atoms with Crippen LogP contribution in [0.3, 0.4) is 0 Å². The fraction of sp³-hybridized carbons (Fsp3) is 0.250. The zero-order valence-electron chi connectivity index (χ0n) is 15.1. The summed E-state index contributed by atoms with van der Waals surface area (Å²) in [5.41, 5.74) is 6.84. The van der Waals surface area contributed by atoms with Gasteiger partial charge in [0.2, 0.25) is 5.95 Å². The third-order valence-electron chi connectivity index (χ3n) is 4.27. The van der Waals surface area contributed by atoms with E-state index in [1.54, 1.807) is 6.20 Å². The van der Waals surface area contributed by atoms with E-state index in [-0.39, 0.29) is 0 Å². The van der Waals surface area contributed by atoms with Gasteiger partial charge in [-0.1, -0.05) is 43.3 Å². The topological polar surface area (TPSA) is 62.7 Å². The Labute approximate surface area is 148 Å². The minimum atomic E-state index is 0.486. The van der Waals surface area contributed by atoms with Crippen LogP contribution in [0, 0.1) is 20.8 Å². The number of benzene rings is 2. The van der Waals surface area contributed by atoms with Crippen LogP contribution < -0.4 is 10.6 Å². The number of hydrogen-bond acceptors (Lipinski definition) is 5. The highest BCUT2D eigenvalue weighted by molar-refractivity contribution is 5.66. The van der Waals surface area contributed by atoms with Gasteiger partial charge in [-0.15, -0.1) is 5.10 Å². The van der Waals surface area contributed by atoms with E-state index in [1.165, 1.54) is 16.7 Å². The molecule has 0 aliphatic rings. The number of nitrogens with one attached hydrogen (secondary N) is 2. The van der Waals surface area contributed by atoms with Crippen molar-refractivity contribution in [3.8, 4) is 0 Å². The first-order valence-corrected chi connectivity index (χ1v) is 8.47. The van der Waals surface area contributed by atoms with Crippen LogP contribution in [-0.4, -0.2) is 15.2 Å². The Morgan fingerprint density at radius 2 is 1.48 bits per heavy atom. The lowest BCUT2D eigenvalue weighted by molar-refractivity contribution is 0.978. The Morgan fingerprint density at radius 1 is 0.840 bits per heavy atom. The van der Waals surface area contributed by atoms with Gasteiger partial charge >= 0.3 is 0 Å². The number of nitrogens with zero attached hydrogens (tertiary/aromatic N) is 3. The number of anilines is 4. The molecule has 0 bridgehead atoms. The van der Waals surface area contributed by atoms with E-state index in [4.69, 9.17) is 0 Å². The summed E-state index contributed by atoms with van der Waals surface area (Å²) < 4.78 is 0. The second-order valence-corrected chi connectivity index (χ2v) is 6.14. The van der Waals surface area contributed by atoms with Crippen molar-refractivity contribution in [1.29, 1.82) is 0 Å². The normalized spacial score (nSPS) is 10.6. The van der Waals surface area contributed by atoms with Crippen LogP contribution in [0.1, 0.15) is 29.2 Å². The number of para-hydroxylation sites is 2. The predicted octanol–water partition coefficient (Wildman–Crippen LogP) is 4.85. The fourth-order valence-electron chi connectivity index (χ4n) is 2.87. The predicted molar refractivity (Wildman–Crippen MR) is 103 cm³/mol. The van der Waals surface area contributed by atoms with Crippen molar-refractivity contribution in [3.63, 3.8) is 0 Å². The highest BCUT2D eigenvalue weighted by atomic mass is 15.3. The third-order valence-corrected chi connectivity index (χ3v) is 4.27. The van der Waals surface area contributed by atoms with Gasteiger partial charge in [-0.2, -0.15) is 10.1 Å². The van der Waals surface area contributed by atoms with Crippen molar-refractivity contribution in [2.75, 3.05) is 10.6 Å². The van der Waals surface area contributed by atoms with E-state index in [0.717, 1.165) is 23.4 Å². The monoisotopic (exact) mass is 333 g/mol. The molecule has 1 aromatic heterocycles. The van der Waals surface area contributed by atoms with Gasteiger partial charge in [0.1, 0.15) is 0 Å². The van der Waals surface area contributed by atoms with E-state index < -0.39 is 0 Å². The SMILES string of the molecule is CCc1cccc(C)c1Nc1nncc(Nc2c(C)cccc2C)n1. The summed E-state index contributed by atoms with van der Waals surface area (Å²) >= 11 is 0. The summed E-state index contributed by atoms with van der Waals surface area (Å²) in [7, 11) is 0. The molecule has 2 N–H and O–H groups in total. The molecular weight excluding hydrogens is 310 g/mol. The smallest absolute Gasteiger partial charge is 0.249 e. The summed E-state index contributed by atoms with van der Waals surface area (Å²) in [4.78, 5) is 4.57. The molecule has 0 aliphatic carbocycles. The van der Waals surface area contributed by atoms with Crippen molar-refractivity contribution >= 4 is 23.1 Å². The highest BCUT2D eigenvalue weighted by Crippen LogP contribution is 2.26. The Hall–Kier alpha value is -2.95. The maximum Gasteiger partial charge on any atom is 0.249 e. The third kappa shape index (κ3) is 3.76. The molecule has 0 saturated heterocycles. The standard InChI is InChI=1S/C20H23N5/c1-5-16-11-7-10-15(4)19(16)24-20-23-17(12-21-25-20)22-18-13(2)8-6-9-14(18)3/h6-12H,5H2,1-4H3,(H2,22,23,24,25). The summed E-state index contributed by atoms with van der Waals surface area (Å²) in [5, 5.41) is 14.9. The first-order valence-electron chi connectivity index (χ1n) is 8.47. The lowest BCUT2D eigenvalue weighted by Gasteiger charge is -2.14. The molecule has 3 aromatic rings. The average molecular weight is 333 g/mol. The Kier molecular flexibility index (Phi) is 4.93. The minimum Gasteiger partial charge on any atom is -0.338 e. The molecule has 5 nitrogen and oxygen atoms in total. The van der Waals surface area contributed by atoms with Crippen LogP contribution in [0.4, 0.5) is 23.1 Å². The molecule has 0 aliphatic heterocycles. The number of aryl methyl sites for hydroxylation is 4. The maximum atomic E-state index is 4.57. The van der Waals surface area contributed by atoms with Crippen LogP contribution in [0.5, 0.6) is 0 Å². The zero-order valence-corrected chi connectivity index (χ0v) is 15.1. The van der Waals surface area contributed by atoms with Gasteiger partial charge in [0, 0.05) is 11.4 Å². The summed E-state index contributed by atoms with van der Waals surface area (Å²) in [6, 6.07) is 12.5. The first-order chi connectivity index (χ1) is 12.1. The van der Waals surface area contributed by atoms with Gasteiger partial charge in [-0.05, 0) is 49.4 Å². The molecule has 0 radical (unpaired) electrons. The summed E-state index contributed by atoms with van der Waals surface area (Å²) in [5.74, 6) is 1.15. The molecule has 3 rings (SSSR count). The van der Waals surface area contributed by atoms with Gasteiger partial charge in [-0.25, -0.2) is 0 Å². The molecule has 25 heavy (non-hydrogen) atoms. The van der Waals surface area contributed by atoms with Gasteiger partial charge in [0.05, 0.1) is 6.20 Å². The summed E-state index contributed by atoms with van der Waals surface area (Å²) in [6.45, 7) is 8.36. The molecule has 0 fully saturated rings. The minimum absolute atomic E-state index is 0.486. The molecule has 5 heteroatoms. The van der Waals surface area contributed by atoms with Crippen molar-refractivity contribution in [2.45, 2.75) is 34.1 Å². The van der Waals surface area contributed by atoms with Gasteiger partial charge < -0.3 is 10.6 Å². The largest absolute Gasteiger partial charge is 0.338 e. The van der Waals surface area contributed by atoms with Crippen molar-refractivity contribution < 1.29 is 0 Å². The quantitative estimate of drug-likeness (QED) is 0.699. The molecule has 2 aromatic carbocycles. The first kappa shape index (κ1) is 16.9. The maximum absolute atomic E-state index is 4.57. The summed E-state index contributed by atoms with van der Waals surface area (Å²) in [6.07, 6.45) is 2.58. The van der Waals surface area contributed by atoms with Crippen LogP contribution >= 0.6 is 0 Å². The van der Waals surface area contributed by atoms with E-state index in [1.807, 2.05) is 6.07 Å². The molecule has 0 atom stereocenters. The Morgan fingerprint density at radius 3 is 2.16 bits per heavy atom. The van der Waals surface area contributed by atoms with Crippen molar-refractivity contribution in [1.82, 2.24) is 15.2 Å². The lowest BCUT2D eigenvalue weighted by Crippen LogP contribution is -2.06. The molecule has 0 spiro atoms. The van der Waals surface area contributed by atoms with Crippen LogP contribution in [0.25, 0.3) is 0 Å². The number of hydrogen-bond donors (Lipinski definition) is 2. The van der Waals surface area contributed by atoms with Crippen LogP contribution in [0.15, 0.2) is 42.6 Å². The second kappa shape index (κ2) is 7.30. The van der Waals surface area contributed by atoms with E-state index in [0.29, 0.717) is 11.8 Å². The molecular formula is C20H23N5. The zero-order chi connectivity index (χ0) is 17.8. The Balaban J connectivity index is 1.88. The lowest BCUT2D eigenvalue weighted by atomic mass is 10.1. The fourth-order valence-corrected chi connectivity index (χ4v) is 2.87. The number of rotatable bonds is 5. The van der Waals surface area contributed by atoms with Gasteiger partial charge in [-0.3, -0.25) is 0 Å². The average Bonchev–Trinajstić information content (AvgIpc) is 2.60. The molecule has 0 amide bonds. The Bertz CT molecular complexity index is 869. The van der Waals surface area contributed by atoms with E-state index >= 15 is 0 Å². The van der Waals surface area contributed by atoms with Crippen molar-refractivity contribution in [2.24, 2.45) is 0 Å². The molecule has 128 valence electrons. The molecule has 1 heterocycles. The highest BCUT2D eigenvalue weighted by Gasteiger charge is 2.09.